The van der Waals surface area contributed by atoms with E-state index in [2.05, 4.69) is 20.9 Å². The maximum Gasteiger partial charge on any atom is 0.178 e. The molecule has 1 heterocycles. The molecule has 0 unspecified atom stereocenters. The van der Waals surface area contributed by atoms with Crippen LogP contribution in [0.5, 0.6) is 0 Å². The van der Waals surface area contributed by atoms with Crippen LogP contribution in [0.15, 0.2) is 40.9 Å². The summed E-state index contributed by atoms with van der Waals surface area (Å²) in [6, 6.07) is 11.2. The van der Waals surface area contributed by atoms with Crippen LogP contribution in [0.4, 0.5) is 4.39 Å². The SMILES string of the molecule is Fc1cc2c(cc1I)[nH]c(=S)n2Cc1ccccc1Br. The molecule has 6 heteroatoms. The molecule has 0 aliphatic rings. The van der Waals surface area contributed by atoms with Crippen molar-refractivity contribution in [2.45, 2.75) is 6.54 Å². The van der Waals surface area contributed by atoms with Crippen molar-refractivity contribution in [1.82, 2.24) is 9.55 Å². The molecule has 0 aliphatic carbocycles. The number of imidazole rings is 1. The van der Waals surface area contributed by atoms with Crippen LogP contribution in [0.1, 0.15) is 5.56 Å². The van der Waals surface area contributed by atoms with Crippen LogP contribution in [0.3, 0.4) is 0 Å². The lowest BCUT2D eigenvalue weighted by Gasteiger charge is -2.07. The lowest BCUT2D eigenvalue weighted by Crippen LogP contribution is -2.00. The number of halogens is 3. The number of hydrogen-bond donors (Lipinski definition) is 1. The third-order valence-corrected chi connectivity index (χ3v) is 5.03. The average molecular weight is 463 g/mol. The van der Waals surface area contributed by atoms with Crippen molar-refractivity contribution in [3.05, 3.63) is 60.6 Å². The van der Waals surface area contributed by atoms with Gasteiger partial charge in [0.2, 0.25) is 0 Å². The Balaban J connectivity index is 2.17. The van der Waals surface area contributed by atoms with E-state index in [0.29, 0.717) is 14.9 Å². The van der Waals surface area contributed by atoms with Gasteiger partial charge in [0, 0.05) is 10.5 Å². The van der Waals surface area contributed by atoms with Crippen molar-refractivity contribution in [2.75, 3.05) is 0 Å². The van der Waals surface area contributed by atoms with E-state index in [-0.39, 0.29) is 5.82 Å². The van der Waals surface area contributed by atoms with Gasteiger partial charge in [-0.3, -0.25) is 0 Å². The highest BCUT2D eigenvalue weighted by atomic mass is 127. The van der Waals surface area contributed by atoms with Gasteiger partial charge in [-0.15, -0.1) is 0 Å². The number of hydrogen-bond acceptors (Lipinski definition) is 1. The molecule has 3 aromatic rings. The lowest BCUT2D eigenvalue weighted by molar-refractivity contribution is 0.621. The Morgan fingerprint density at radius 1 is 1.30 bits per heavy atom. The Morgan fingerprint density at radius 2 is 2.05 bits per heavy atom. The Bertz CT molecular complexity index is 856. The Kier molecular flexibility index (Phi) is 3.96. The molecule has 0 atom stereocenters. The van der Waals surface area contributed by atoms with Crippen molar-refractivity contribution >= 4 is 61.8 Å². The summed E-state index contributed by atoms with van der Waals surface area (Å²) in [5.74, 6) is -0.229. The molecule has 2 nitrogen and oxygen atoms in total. The molecular formula is C14H9BrFIN2S. The fourth-order valence-corrected chi connectivity index (χ4v) is 3.26. The van der Waals surface area contributed by atoms with E-state index in [1.165, 1.54) is 6.07 Å². The molecule has 0 amide bonds. The molecule has 0 fully saturated rings. The van der Waals surface area contributed by atoms with Gasteiger partial charge < -0.3 is 9.55 Å². The third-order valence-electron chi connectivity index (χ3n) is 3.10. The minimum Gasteiger partial charge on any atom is -0.331 e. The summed E-state index contributed by atoms with van der Waals surface area (Å²) in [7, 11) is 0. The second kappa shape index (κ2) is 5.57. The highest BCUT2D eigenvalue weighted by Gasteiger charge is 2.10. The van der Waals surface area contributed by atoms with Gasteiger partial charge in [-0.2, -0.15) is 0 Å². The summed E-state index contributed by atoms with van der Waals surface area (Å²) in [6.07, 6.45) is 0. The maximum absolute atomic E-state index is 13.8. The number of H-pyrrole nitrogens is 1. The first-order valence-corrected chi connectivity index (χ1v) is 8.15. The first kappa shape index (κ1) is 14.2. The van der Waals surface area contributed by atoms with E-state index in [1.54, 1.807) is 6.07 Å². The van der Waals surface area contributed by atoms with Crippen LogP contribution < -0.4 is 0 Å². The number of benzene rings is 2. The zero-order valence-electron chi connectivity index (χ0n) is 10.2. The predicted octanol–water partition coefficient (Wildman–Crippen LogP) is 5.25. The van der Waals surface area contributed by atoms with Crippen LogP contribution in [0.2, 0.25) is 0 Å². The monoisotopic (exact) mass is 462 g/mol. The Labute approximate surface area is 142 Å². The number of nitrogens with one attached hydrogen (secondary N) is 1. The molecule has 0 saturated carbocycles. The molecule has 3 rings (SSSR count). The highest BCUT2D eigenvalue weighted by Crippen LogP contribution is 2.23. The topological polar surface area (TPSA) is 20.7 Å². The van der Waals surface area contributed by atoms with E-state index in [0.717, 1.165) is 21.1 Å². The first-order chi connectivity index (χ1) is 9.56. The van der Waals surface area contributed by atoms with Crippen LogP contribution in [0, 0.1) is 14.2 Å². The summed E-state index contributed by atoms with van der Waals surface area (Å²) in [6.45, 7) is 0.598. The van der Waals surface area contributed by atoms with Gasteiger partial charge in [0.05, 0.1) is 21.1 Å². The van der Waals surface area contributed by atoms with Gasteiger partial charge in [-0.1, -0.05) is 34.1 Å². The summed E-state index contributed by atoms with van der Waals surface area (Å²) in [5.41, 5.74) is 2.74. The molecule has 20 heavy (non-hydrogen) atoms. The molecule has 0 saturated heterocycles. The summed E-state index contributed by atoms with van der Waals surface area (Å²) < 4.78 is 17.9. The molecule has 1 N–H and O–H groups in total. The van der Waals surface area contributed by atoms with Crippen molar-refractivity contribution < 1.29 is 4.39 Å². The smallest absolute Gasteiger partial charge is 0.178 e. The summed E-state index contributed by atoms with van der Waals surface area (Å²) >= 11 is 10.8. The molecule has 0 radical (unpaired) electrons. The van der Waals surface area contributed by atoms with Gasteiger partial charge in [-0.05, 0) is 52.5 Å². The standard InChI is InChI=1S/C14H9BrFIN2S/c15-9-4-2-1-3-8(9)7-19-13-5-10(16)11(17)6-12(13)18-14(19)20/h1-6H,7H2,(H,18,20). The van der Waals surface area contributed by atoms with Crippen molar-refractivity contribution in [2.24, 2.45) is 0 Å². The van der Waals surface area contributed by atoms with Crippen LogP contribution >= 0.6 is 50.7 Å². The largest absolute Gasteiger partial charge is 0.331 e. The Morgan fingerprint density at radius 3 is 2.80 bits per heavy atom. The van der Waals surface area contributed by atoms with Crippen molar-refractivity contribution in [1.29, 1.82) is 0 Å². The third kappa shape index (κ3) is 2.56. The fraction of sp³-hybridized carbons (Fsp3) is 0.0714. The van der Waals surface area contributed by atoms with Gasteiger partial charge in [0.15, 0.2) is 4.77 Å². The maximum atomic E-state index is 13.8. The zero-order valence-corrected chi connectivity index (χ0v) is 14.7. The van der Waals surface area contributed by atoms with Crippen LogP contribution in [-0.4, -0.2) is 9.55 Å². The van der Waals surface area contributed by atoms with Crippen molar-refractivity contribution in [3.63, 3.8) is 0 Å². The van der Waals surface area contributed by atoms with E-state index < -0.39 is 0 Å². The summed E-state index contributed by atoms with van der Waals surface area (Å²) in [4.78, 5) is 3.13. The number of nitrogens with zero attached hydrogens (tertiary/aromatic N) is 1. The van der Waals surface area contributed by atoms with Crippen molar-refractivity contribution in [3.8, 4) is 0 Å². The quantitative estimate of drug-likeness (QED) is 0.407. The minimum absolute atomic E-state index is 0.229. The highest BCUT2D eigenvalue weighted by molar-refractivity contribution is 14.1. The lowest BCUT2D eigenvalue weighted by atomic mass is 10.2. The number of fused-ring (bicyclic) bond motifs is 1. The second-order valence-corrected chi connectivity index (χ2v) is 6.79. The fourth-order valence-electron chi connectivity index (χ4n) is 2.11. The van der Waals surface area contributed by atoms with Crippen LogP contribution in [-0.2, 0) is 6.54 Å². The molecule has 0 aliphatic heterocycles. The molecule has 1 aromatic heterocycles. The number of aromatic amines is 1. The van der Waals surface area contributed by atoms with E-state index in [1.807, 2.05) is 51.4 Å². The molecule has 2 aromatic carbocycles. The molecule has 102 valence electrons. The number of rotatable bonds is 2. The second-order valence-electron chi connectivity index (χ2n) is 4.39. The predicted molar refractivity (Wildman–Crippen MR) is 93.0 cm³/mol. The van der Waals surface area contributed by atoms with E-state index in [9.17, 15) is 4.39 Å². The zero-order chi connectivity index (χ0) is 14.3. The number of aromatic nitrogens is 2. The average Bonchev–Trinajstić information content (AvgIpc) is 2.69. The minimum atomic E-state index is -0.229. The van der Waals surface area contributed by atoms with Gasteiger partial charge in [0.1, 0.15) is 5.82 Å². The first-order valence-electron chi connectivity index (χ1n) is 5.87. The van der Waals surface area contributed by atoms with Crippen LogP contribution in [0.25, 0.3) is 11.0 Å². The van der Waals surface area contributed by atoms with E-state index >= 15 is 0 Å². The van der Waals surface area contributed by atoms with Gasteiger partial charge >= 0.3 is 0 Å². The normalized spacial score (nSPS) is 11.2. The summed E-state index contributed by atoms with van der Waals surface area (Å²) in [5, 5.41) is 0. The van der Waals surface area contributed by atoms with Gasteiger partial charge in [-0.25, -0.2) is 4.39 Å². The molecule has 0 bridgehead atoms. The van der Waals surface area contributed by atoms with E-state index in [4.69, 9.17) is 12.2 Å². The van der Waals surface area contributed by atoms with Gasteiger partial charge in [0.25, 0.3) is 0 Å². The molecular weight excluding hydrogens is 454 g/mol. The molecule has 0 spiro atoms. The Hall–Kier alpha value is -0.730.